The number of aryl methyl sites for hydroxylation is 4. The number of nitrogens with zero attached hydrogens (tertiary/aromatic N) is 4. The molecule has 2 aliphatic heterocycles. The molecule has 5 heterocycles. The van der Waals surface area contributed by atoms with E-state index in [2.05, 4.69) is 33.8 Å². The van der Waals surface area contributed by atoms with Gasteiger partial charge in [0, 0.05) is 32.3 Å². The van der Waals surface area contributed by atoms with Gasteiger partial charge in [-0.2, -0.15) is 0 Å². The van der Waals surface area contributed by atoms with Crippen molar-refractivity contribution in [3.05, 3.63) is 69.3 Å². The van der Waals surface area contributed by atoms with Crippen LogP contribution in [0.1, 0.15) is 98.4 Å². The summed E-state index contributed by atoms with van der Waals surface area (Å²) in [7, 11) is 0. The number of aliphatic carboxylic acids is 2. The molecule has 0 saturated carbocycles. The van der Waals surface area contributed by atoms with Crippen LogP contribution in [0.4, 0.5) is 0 Å². The third-order valence-corrected chi connectivity index (χ3v) is 8.53. The van der Waals surface area contributed by atoms with Gasteiger partial charge in [0.15, 0.2) is 0 Å². The molecule has 5 rings (SSSR count). The van der Waals surface area contributed by atoms with Crippen molar-refractivity contribution in [2.45, 2.75) is 80.1 Å². The van der Waals surface area contributed by atoms with Gasteiger partial charge in [0.05, 0.1) is 22.8 Å². The van der Waals surface area contributed by atoms with Gasteiger partial charge in [-0.3, -0.25) is 9.59 Å². The van der Waals surface area contributed by atoms with E-state index in [4.69, 9.17) is 19.9 Å². The van der Waals surface area contributed by atoms with Gasteiger partial charge in [0.1, 0.15) is 0 Å². The molecule has 0 fully saturated rings. The van der Waals surface area contributed by atoms with Gasteiger partial charge in [0.25, 0.3) is 0 Å². The van der Waals surface area contributed by atoms with Crippen molar-refractivity contribution in [2.24, 2.45) is 0 Å². The summed E-state index contributed by atoms with van der Waals surface area (Å²) in [6.07, 6.45) is 2.23. The minimum Gasteiger partial charge on any atom is -0.657 e. The zero-order valence-corrected chi connectivity index (χ0v) is 27.1. The standard InChI is InChI=1S/C34H38N4O4.Ru/c1-7-21-17(3)25-13-26-19(5)23(9-11-33(39)40)31(37-26)16-32-24(10-12-34(41)42)20(6)28(38-32)15-30-22(8-2)18(4)27(36-30)14-29(21)35-25;/h13-16H,7-12H2,1-6H3,(H4,35,36,37,38,39,40,41,42);/p-2. The maximum atomic E-state index is 11.5. The Morgan fingerprint density at radius 2 is 1.07 bits per heavy atom. The van der Waals surface area contributed by atoms with Crippen LogP contribution in [0, 0.1) is 13.8 Å². The predicted molar refractivity (Wildman–Crippen MR) is 166 cm³/mol. The second-order valence-corrected chi connectivity index (χ2v) is 11.0. The summed E-state index contributed by atoms with van der Waals surface area (Å²) in [5.41, 5.74) is 14.3. The van der Waals surface area contributed by atoms with Crippen LogP contribution in [0.3, 0.4) is 0 Å². The average Bonchev–Trinajstić information content (AvgIpc) is 3.59. The summed E-state index contributed by atoms with van der Waals surface area (Å²) in [4.78, 5) is 43.1. The molecule has 8 nitrogen and oxygen atoms in total. The number of hydrogen-bond acceptors (Lipinski definition) is 4. The van der Waals surface area contributed by atoms with Crippen molar-refractivity contribution in [3.8, 4) is 0 Å². The Bertz CT molecular complexity index is 1860. The van der Waals surface area contributed by atoms with E-state index in [-0.39, 0.29) is 32.3 Å². The van der Waals surface area contributed by atoms with Crippen LogP contribution in [-0.4, -0.2) is 32.1 Å². The third-order valence-electron chi connectivity index (χ3n) is 8.53. The average molecular weight is 666 g/mol. The quantitative estimate of drug-likeness (QED) is 0.249. The Balaban J connectivity index is 0.00000423. The van der Waals surface area contributed by atoms with E-state index in [9.17, 15) is 19.8 Å². The zero-order chi connectivity index (χ0) is 30.3. The largest absolute Gasteiger partial charge is 0.657 e. The second-order valence-electron chi connectivity index (χ2n) is 11.0. The smallest absolute Gasteiger partial charge is 0.303 e. The van der Waals surface area contributed by atoms with Gasteiger partial charge in [-0.05, 0) is 75.7 Å². The molecule has 8 bridgehead atoms. The van der Waals surface area contributed by atoms with Gasteiger partial charge in [-0.25, -0.2) is 9.97 Å². The molecule has 3 aromatic rings. The van der Waals surface area contributed by atoms with E-state index in [1.54, 1.807) is 0 Å². The second kappa shape index (κ2) is 12.8. The number of fused-ring (bicyclic) bond motifs is 8. The molecule has 3 aromatic heterocycles. The molecule has 2 N–H and O–H groups in total. The number of carboxylic acids is 2. The van der Waals surface area contributed by atoms with Crippen molar-refractivity contribution in [1.82, 2.24) is 19.9 Å². The van der Waals surface area contributed by atoms with Crippen molar-refractivity contribution in [1.29, 1.82) is 0 Å². The molecule has 43 heavy (non-hydrogen) atoms. The Hall–Kier alpha value is -3.84. The van der Waals surface area contributed by atoms with E-state index in [1.165, 1.54) is 5.57 Å². The van der Waals surface area contributed by atoms with Crippen LogP contribution >= 0.6 is 0 Å². The first kappa shape index (κ1) is 32.1. The summed E-state index contributed by atoms with van der Waals surface area (Å²) < 4.78 is 0. The van der Waals surface area contributed by atoms with Crippen molar-refractivity contribution in [3.63, 3.8) is 0 Å². The Kier molecular flexibility index (Phi) is 9.55. The minimum absolute atomic E-state index is 0. The van der Waals surface area contributed by atoms with Gasteiger partial charge in [-0.15, -0.1) is 22.1 Å². The fourth-order valence-electron chi connectivity index (χ4n) is 6.06. The number of carbonyl (C=O) groups is 2. The van der Waals surface area contributed by atoms with Crippen LogP contribution in [0.5, 0.6) is 0 Å². The third kappa shape index (κ3) is 6.14. The molecular weight excluding hydrogens is 629 g/mol. The van der Waals surface area contributed by atoms with E-state index >= 15 is 0 Å². The molecular formula is C34H36N4O4Ru-2. The first-order valence-electron chi connectivity index (χ1n) is 14.5. The molecule has 0 atom stereocenters. The van der Waals surface area contributed by atoms with Crippen LogP contribution in [0.2, 0.25) is 0 Å². The monoisotopic (exact) mass is 666 g/mol. The fraction of sp³-hybridized carbons (Fsp3) is 0.353. The molecule has 2 aliphatic rings. The van der Waals surface area contributed by atoms with E-state index in [0.29, 0.717) is 24.1 Å². The molecule has 9 heteroatoms. The summed E-state index contributed by atoms with van der Waals surface area (Å²) in [6.45, 7) is 12.3. The van der Waals surface area contributed by atoms with Crippen LogP contribution in [0.15, 0.2) is 24.3 Å². The van der Waals surface area contributed by atoms with E-state index in [1.807, 2.05) is 32.0 Å². The zero-order valence-electron chi connectivity index (χ0n) is 25.4. The molecule has 0 aromatic carbocycles. The molecule has 0 aliphatic carbocycles. The number of allylic oxidation sites excluding steroid dienone is 4. The molecule has 0 amide bonds. The van der Waals surface area contributed by atoms with Gasteiger partial charge in [-0.1, -0.05) is 60.4 Å². The SMILES string of the molecule is CCC1=C(C)c2cc3[n-]c(cc4nc(cc5[n-]c(cc1n2)c(C)c5CC)C(C)=C4CCC(=O)O)c(CCC(=O)O)c3C.[Ru]. The Morgan fingerprint density at radius 3 is 1.63 bits per heavy atom. The number of aromatic nitrogens is 4. The van der Waals surface area contributed by atoms with Gasteiger partial charge < -0.3 is 20.2 Å². The first-order valence-corrected chi connectivity index (χ1v) is 14.5. The predicted octanol–water partition coefficient (Wildman–Crippen LogP) is 6.90. The van der Waals surface area contributed by atoms with E-state index < -0.39 is 11.9 Å². The topological polar surface area (TPSA) is 129 Å². The van der Waals surface area contributed by atoms with Crippen LogP contribution in [0.25, 0.3) is 44.4 Å². The summed E-state index contributed by atoms with van der Waals surface area (Å²) in [5, 5.41) is 18.9. The molecule has 0 spiro atoms. The normalized spacial score (nSPS) is 13.0. The molecule has 0 saturated heterocycles. The maximum Gasteiger partial charge on any atom is 0.303 e. The molecule has 0 radical (unpaired) electrons. The van der Waals surface area contributed by atoms with Crippen LogP contribution in [-0.2, 0) is 41.9 Å². The fourth-order valence-corrected chi connectivity index (χ4v) is 6.06. The number of rotatable bonds is 8. The van der Waals surface area contributed by atoms with Crippen molar-refractivity contribution < 1.29 is 39.3 Å². The Labute approximate surface area is 264 Å². The van der Waals surface area contributed by atoms with Crippen molar-refractivity contribution in [2.75, 3.05) is 0 Å². The maximum absolute atomic E-state index is 11.5. The summed E-state index contributed by atoms with van der Waals surface area (Å²) >= 11 is 0. The molecule has 0 unspecified atom stereocenters. The van der Waals surface area contributed by atoms with Gasteiger partial charge in [0.2, 0.25) is 0 Å². The number of hydrogen-bond donors (Lipinski definition) is 2. The number of carboxylic acid groups (broad SMARTS) is 2. The minimum atomic E-state index is -0.878. The van der Waals surface area contributed by atoms with Crippen molar-refractivity contribution >= 4 is 56.3 Å². The summed E-state index contributed by atoms with van der Waals surface area (Å²) in [6, 6.07) is 7.93. The van der Waals surface area contributed by atoms with Crippen LogP contribution < -0.4 is 9.97 Å². The van der Waals surface area contributed by atoms with Gasteiger partial charge >= 0.3 is 11.9 Å². The first-order chi connectivity index (χ1) is 20.0. The van der Waals surface area contributed by atoms with E-state index in [0.717, 1.165) is 85.4 Å². The summed E-state index contributed by atoms with van der Waals surface area (Å²) in [5.74, 6) is -1.76. The Morgan fingerprint density at radius 1 is 0.628 bits per heavy atom. The molecule has 226 valence electrons.